The molecule has 0 N–H and O–H groups in total. The Morgan fingerprint density at radius 3 is 2.35 bits per heavy atom. The molecule has 7 nitrogen and oxygen atoms in total. The number of rotatable bonds is 6. The smallest absolute Gasteiger partial charge is 0.338 e. The van der Waals surface area contributed by atoms with Crippen molar-refractivity contribution in [3.8, 4) is 0 Å². The zero-order chi connectivity index (χ0) is 19.5. The number of carbonyl (C=O) groups excluding carboxylic acids is 2. The molecular formula is C18H26N2O5S. The van der Waals surface area contributed by atoms with Gasteiger partial charge in [-0.05, 0) is 51.8 Å². The second kappa shape index (κ2) is 8.18. The maximum absolute atomic E-state index is 12.6. The molecular weight excluding hydrogens is 356 g/mol. The monoisotopic (exact) mass is 382 g/mol. The number of sulfonamides is 1. The van der Waals surface area contributed by atoms with Gasteiger partial charge in [0.2, 0.25) is 10.0 Å². The lowest BCUT2D eigenvalue weighted by molar-refractivity contribution is -0.138. The van der Waals surface area contributed by atoms with Crippen LogP contribution in [0.1, 0.15) is 44.0 Å². The summed E-state index contributed by atoms with van der Waals surface area (Å²) in [5.41, 5.74) is 0.101. The van der Waals surface area contributed by atoms with Crippen molar-refractivity contribution in [2.24, 2.45) is 0 Å². The average Bonchev–Trinajstić information content (AvgIpc) is 3.14. The van der Waals surface area contributed by atoms with Gasteiger partial charge in [0.25, 0.3) is 5.91 Å². The van der Waals surface area contributed by atoms with Gasteiger partial charge in [-0.25, -0.2) is 13.2 Å². The number of esters is 1. The van der Waals surface area contributed by atoms with Crippen molar-refractivity contribution >= 4 is 21.9 Å². The molecule has 1 aromatic carbocycles. The molecule has 1 amide bonds. The van der Waals surface area contributed by atoms with Crippen LogP contribution in [0.15, 0.2) is 29.2 Å². The molecule has 0 aliphatic carbocycles. The van der Waals surface area contributed by atoms with Crippen LogP contribution in [0.25, 0.3) is 0 Å². The van der Waals surface area contributed by atoms with E-state index in [2.05, 4.69) is 0 Å². The third kappa shape index (κ3) is 4.42. The van der Waals surface area contributed by atoms with Crippen LogP contribution in [0.2, 0.25) is 0 Å². The molecule has 2 rings (SSSR count). The number of hydrogen-bond acceptors (Lipinski definition) is 5. The van der Waals surface area contributed by atoms with Gasteiger partial charge < -0.3 is 9.64 Å². The molecule has 1 heterocycles. The molecule has 144 valence electrons. The second-order valence-electron chi connectivity index (χ2n) is 6.72. The summed E-state index contributed by atoms with van der Waals surface area (Å²) < 4.78 is 31.6. The molecule has 1 aliphatic heterocycles. The molecule has 0 spiro atoms. The van der Waals surface area contributed by atoms with Crippen molar-refractivity contribution in [3.05, 3.63) is 29.8 Å². The van der Waals surface area contributed by atoms with Crippen molar-refractivity contribution in [3.63, 3.8) is 0 Å². The van der Waals surface area contributed by atoms with Gasteiger partial charge in [-0.15, -0.1) is 0 Å². The van der Waals surface area contributed by atoms with E-state index >= 15 is 0 Å². The highest BCUT2D eigenvalue weighted by molar-refractivity contribution is 7.89. The van der Waals surface area contributed by atoms with Crippen LogP contribution >= 0.6 is 0 Å². The zero-order valence-corrected chi connectivity index (χ0v) is 16.5. The second-order valence-corrected chi connectivity index (χ2v) is 8.72. The lowest BCUT2D eigenvalue weighted by atomic mass is 10.2. The van der Waals surface area contributed by atoms with E-state index in [4.69, 9.17) is 4.74 Å². The van der Waals surface area contributed by atoms with E-state index < -0.39 is 22.1 Å². The highest BCUT2D eigenvalue weighted by atomic mass is 32.2. The van der Waals surface area contributed by atoms with Crippen LogP contribution in [0.4, 0.5) is 0 Å². The molecule has 0 saturated carbocycles. The minimum atomic E-state index is -3.70. The summed E-state index contributed by atoms with van der Waals surface area (Å²) in [7, 11) is -2.21. The van der Waals surface area contributed by atoms with Crippen molar-refractivity contribution < 1.29 is 22.7 Å². The zero-order valence-electron chi connectivity index (χ0n) is 15.6. The lowest BCUT2D eigenvalue weighted by Crippen LogP contribution is -2.38. The molecule has 8 heteroatoms. The van der Waals surface area contributed by atoms with E-state index in [0.29, 0.717) is 13.1 Å². The Kier molecular flexibility index (Phi) is 6.41. The fraction of sp³-hybridized carbons (Fsp3) is 0.556. The Morgan fingerprint density at radius 1 is 1.15 bits per heavy atom. The van der Waals surface area contributed by atoms with E-state index in [9.17, 15) is 18.0 Å². The number of likely N-dealkylation sites (tertiary alicyclic amines) is 1. The Labute approximate surface area is 155 Å². The quantitative estimate of drug-likeness (QED) is 0.702. The van der Waals surface area contributed by atoms with Gasteiger partial charge in [-0.1, -0.05) is 6.07 Å². The summed E-state index contributed by atoms with van der Waals surface area (Å²) >= 11 is 0. The van der Waals surface area contributed by atoms with Gasteiger partial charge in [-0.2, -0.15) is 4.31 Å². The van der Waals surface area contributed by atoms with Crippen molar-refractivity contribution in [1.29, 1.82) is 0 Å². The van der Waals surface area contributed by atoms with Gasteiger partial charge in [-0.3, -0.25) is 4.79 Å². The van der Waals surface area contributed by atoms with Crippen molar-refractivity contribution in [2.75, 3.05) is 20.1 Å². The summed E-state index contributed by atoms with van der Waals surface area (Å²) in [4.78, 5) is 26.3. The normalized spacial score (nSPS) is 16.2. The van der Waals surface area contributed by atoms with Gasteiger partial charge in [0.1, 0.15) is 0 Å². The number of benzene rings is 1. The fourth-order valence-electron chi connectivity index (χ4n) is 2.70. The predicted octanol–water partition coefficient (Wildman–Crippen LogP) is 1.88. The Bertz CT molecular complexity index is 770. The molecule has 0 bridgehead atoms. The first-order valence-electron chi connectivity index (χ1n) is 8.72. The van der Waals surface area contributed by atoms with Gasteiger partial charge in [0.05, 0.1) is 10.5 Å². The Hall–Kier alpha value is -1.93. The molecule has 0 unspecified atom stereocenters. The number of amides is 1. The van der Waals surface area contributed by atoms with Crippen LogP contribution in [0.5, 0.6) is 0 Å². The van der Waals surface area contributed by atoms with Gasteiger partial charge in [0, 0.05) is 26.2 Å². The van der Waals surface area contributed by atoms with Gasteiger partial charge in [0.15, 0.2) is 6.10 Å². The molecule has 1 aromatic rings. The van der Waals surface area contributed by atoms with Crippen LogP contribution in [0, 0.1) is 0 Å². The maximum atomic E-state index is 12.6. The van der Waals surface area contributed by atoms with Crippen LogP contribution in [-0.4, -0.2) is 61.8 Å². The standard InChI is InChI=1S/C18H26N2O5S/c1-13(2)19(4)26(23,24)16-9-7-8-15(12-16)18(22)25-14(3)17(21)20-10-5-6-11-20/h7-9,12-14H,5-6,10-11H2,1-4H3/t14-/m1/s1. The van der Waals surface area contributed by atoms with Gasteiger partial charge >= 0.3 is 5.97 Å². The maximum Gasteiger partial charge on any atom is 0.338 e. The van der Waals surface area contributed by atoms with E-state index in [0.717, 1.165) is 12.8 Å². The van der Waals surface area contributed by atoms with Crippen LogP contribution in [-0.2, 0) is 19.6 Å². The van der Waals surface area contributed by atoms with E-state index in [1.54, 1.807) is 18.7 Å². The summed E-state index contributed by atoms with van der Waals surface area (Å²) in [6.45, 7) is 6.42. The van der Waals surface area contributed by atoms with Crippen LogP contribution in [0.3, 0.4) is 0 Å². The Balaban J connectivity index is 2.14. The van der Waals surface area contributed by atoms with Crippen LogP contribution < -0.4 is 0 Å². The van der Waals surface area contributed by atoms with Crippen molar-refractivity contribution in [2.45, 2.75) is 50.7 Å². The summed E-state index contributed by atoms with van der Waals surface area (Å²) in [6, 6.07) is 5.47. The minimum absolute atomic E-state index is 0.0154. The number of hydrogen-bond donors (Lipinski definition) is 0. The predicted molar refractivity (Wildman–Crippen MR) is 97.2 cm³/mol. The highest BCUT2D eigenvalue weighted by Crippen LogP contribution is 2.19. The summed E-state index contributed by atoms with van der Waals surface area (Å²) in [5, 5.41) is 0. The first kappa shape index (κ1) is 20.4. The number of nitrogens with zero attached hydrogens (tertiary/aromatic N) is 2. The highest BCUT2D eigenvalue weighted by Gasteiger charge is 2.27. The van der Waals surface area contributed by atoms with E-state index in [1.807, 2.05) is 0 Å². The molecule has 1 atom stereocenters. The molecule has 0 aromatic heterocycles. The first-order chi connectivity index (χ1) is 12.1. The lowest BCUT2D eigenvalue weighted by Gasteiger charge is -2.22. The molecule has 1 fully saturated rings. The third-order valence-electron chi connectivity index (χ3n) is 4.52. The summed E-state index contributed by atoms with van der Waals surface area (Å²) in [6.07, 6.45) is 1.00. The third-order valence-corrected chi connectivity index (χ3v) is 6.55. The molecule has 26 heavy (non-hydrogen) atoms. The molecule has 1 saturated heterocycles. The first-order valence-corrected chi connectivity index (χ1v) is 10.2. The minimum Gasteiger partial charge on any atom is -0.449 e. The largest absolute Gasteiger partial charge is 0.449 e. The fourth-order valence-corrected chi connectivity index (χ4v) is 4.12. The average molecular weight is 382 g/mol. The molecule has 1 aliphatic rings. The van der Waals surface area contributed by atoms with E-state index in [1.165, 1.54) is 42.5 Å². The van der Waals surface area contributed by atoms with Crippen molar-refractivity contribution in [1.82, 2.24) is 9.21 Å². The SMILES string of the molecule is CC(C)N(C)S(=O)(=O)c1cccc(C(=O)O[C@H](C)C(=O)N2CCCC2)c1. The summed E-state index contributed by atoms with van der Waals surface area (Å²) in [5.74, 6) is -0.937. The Morgan fingerprint density at radius 2 is 1.77 bits per heavy atom. The number of carbonyl (C=O) groups is 2. The molecule has 0 radical (unpaired) electrons. The topological polar surface area (TPSA) is 84.0 Å². The number of ether oxygens (including phenoxy) is 1. The van der Waals surface area contributed by atoms with E-state index in [-0.39, 0.29) is 22.4 Å².